The largest absolute Gasteiger partial charge is 0.350 e. The molecule has 2 heterocycles. The molecule has 2 N–H and O–H groups in total. The number of hydrogen-bond donors (Lipinski definition) is 2. The van der Waals surface area contributed by atoms with E-state index < -0.39 is 4.92 Å². The predicted molar refractivity (Wildman–Crippen MR) is 63.1 cm³/mol. The first-order valence-electron chi connectivity index (χ1n) is 4.94. The van der Waals surface area contributed by atoms with E-state index in [1.807, 2.05) is 0 Å². The molecule has 6 nitrogen and oxygen atoms in total. The Hall–Kier alpha value is -2.63. The number of non-ortho nitro benzene ring substituents is 1. The minimum atomic E-state index is -0.453. The van der Waals surface area contributed by atoms with Crippen LogP contribution >= 0.6 is 0 Å². The highest BCUT2D eigenvalue weighted by Gasteiger charge is 2.11. The third-order valence-corrected chi connectivity index (χ3v) is 2.72. The van der Waals surface area contributed by atoms with Gasteiger partial charge in [0, 0.05) is 34.6 Å². The lowest BCUT2D eigenvalue weighted by Crippen LogP contribution is -2.03. The van der Waals surface area contributed by atoms with E-state index in [-0.39, 0.29) is 11.2 Å². The molecule has 2 aromatic heterocycles. The van der Waals surface area contributed by atoms with Crippen molar-refractivity contribution in [2.75, 3.05) is 0 Å². The van der Waals surface area contributed by atoms with Gasteiger partial charge < -0.3 is 9.97 Å². The van der Waals surface area contributed by atoms with Crippen molar-refractivity contribution in [1.82, 2.24) is 9.97 Å². The lowest BCUT2D eigenvalue weighted by Gasteiger charge is -1.92. The zero-order valence-corrected chi connectivity index (χ0v) is 8.56. The third-order valence-electron chi connectivity index (χ3n) is 2.72. The summed E-state index contributed by atoms with van der Waals surface area (Å²) in [4.78, 5) is 27.3. The number of aromatic nitrogens is 2. The Morgan fingerprint density at radius 3 is 2.76 bits per heavy atom. The quantitative estimate of drug-likeness (QED) is 0.493. The lowest BCUT2D eigenvalue weighted by atomic mass is 10.2. The van der Waals surface area contributed by atoms with Crippen LogP contribution < -0.4 is 5.56 Å². The van der Waals surface area contributed by atoms with Crippen LogP contribution in [0.2, 0.25) is 0 Å². The highest BCUT2D eigenvalue weighted by molar-refractivity contribution is 6.07. The van der Waals surface area contributed by atoms with E-state index in [1.165, 1.54) is 18.3 Å². The Balaban J connectivity index is 2.50. The molecule has 0 saturated heterocycles. The third kappa shape index (κ3) is 1.31. The zero-order chi connectivity index (χ0) is 12.0. The molecule has 1 aromatic carbocycles. The molecular weight excluding hydrogens is 222 g/mol. The van der Waals surface area contributed by atoms with E-state index in [4.69, 9.17) is 0 Å². The summed E-state index contributed by atoms with van der Waals surface area (Å²) in [5.41, 5.74) is 0.922. The van der Waals surface area contributed by atoms with Crippen LogP contribution in [0.5, 0.6) is 0 Å². The molecule has 0 amide bonds. The molecule has 84 valence electrons. The van der Waals surface area contributed by atoms with Gasteiger partial charge in [0.05, 0.1) is 4.92 Å². The van der Waals surface area contributed by atoms with Crippen molar-refractivity contribution >= 4 is 27.5 Å². The average Bonchev–Trinajstić information content (AvgIpc) is 2.68. The molecule has 0 unspecified atom stereocenters. The van der Waals surface area contributed by atoms with Gasteiger partial charge in [-0.25, -0.2) is 0 Å². The summed E-state index contributed by atoms with van der Waals surface area (Å²) in [5, 5.41) is 12.1. The van der Waals surface area contributed by atoms with E-state index >= 15 is 0 Å². The molecule has 0 aliphatic rings. The number of aromatic amines is 2. The van der Waals surface area contributed by atoms with Crippen molar-refractivity contribution < 1.29 is 4.92 Å². The summed E-state index contributed by atoms with van der Waals surface area (Å²) in [6.07, 6.45) is 1.52. The van der Waals surface area contributed by atoms with E-state index in [0.29, 0.717) is 21.8 Å². The number of rotatable bonds is 1. The Morgan fingerprint density at radius 2 is 2.00 bits per heavy atom. The van der Waals surface area contributed by atoms with Crippen LogP contribution in [-0.4, -0.2) is 14.9 Å². The fourth-order valence-corrected chi connectivity index (χ4v) is 1.94. The van der Waals surface area contributed by atoms with Crippen LogP contribution in [0, 0.1) is 10.1 Å². The van der Waals surface area contributed by atoms with Gasteiger partial charge in [-0.15, -0.1) is 0 Å². The molecule has 6 heteroatoms. The van der Waals surface area contributed by atoms with Crippen molar-refractivity contribution in [3.63, 3.8) is 0 Å². The van der Waals surface area contributed by atoms with Crippen LogP contribution in [-0.2, 0) is 0 Å². The molecule has 3 rings (SSSR count). The number of nitro benzene ring substituents is 1. The fourth-order valence-electron chi connectivity index (χ4n) is 1.94. The summed E-state index contributed by atoms with van der Waals surface area (Å²) in [5.74, 6) is 0. The molecule has 3 aromatic rings. The summed E-state index contributed by atoms with van der Waals surface area (Å²) in [6.45, 7) is 0. The van der Waals surface area contributed by atoms with Crippen LogP contribution in [0.15, 0.2) is 35.3 Å². The smallest absolute Gasteiger partial charge is 0.272 e. The van der Waals surface area contributed by atoms with Crippen LogP contribution in [0.4, 0.5) is 5.69 Å². The standard InChI is InChI=1S/C11H7N3O3/c15-11-10-7(3-4-12-11)8-5-6(14(16)17)1-2-9(8)13-10/h1-5,13H,(H,12,15). The monoisotopic (exact) mass is 229 g/mol. The Morgan fingerprint density at radius 1 is 1.18 bits per heavy atom. The highest BCUT2D eigenvalue weighted by Crippen LogP contribution is 2.26. The first-order valence-corrected chi connectivity index (χ1v) is 4.94. The minimum absolute atomic E-state index is 0.0127. The number of hydrogen-bond acceptors (Lipinski definition) is 3. The molecule has 0 fully saturated rings. The van der Waals surface area contributed by atoms with E-state index in [2.05, 4.69) is 9.97 Å². The van der Waals surface area contributed by atoms with Crippen molar-refractivity contribution in [1.29, 1.82) is 0 Å². The number of pyridine rings is 1. The van der Waals surface area contributed by atoms with Gasteiger partial charge in [0.2, 0.25) is 0 Å². The summed E-state index contributed by atoms with van der Waals surface area (Å²) in [7, 11) is 0. The van der Waals surface area contributed by atoms with Gasteiger partial charge in [0.25, 0.3) is 11.2 Å². The number of nitro groups is 1. The topological polar surface area (TPSA) is 91.8 Å². The summed E-state index contributed by atoms with van der Waals surface area (Å²) in [6, 6.07) is 6.20. The van der Waals surface area contributed by atoms with Gasteiger partial charge in [0.1, 0.15) is 5.52 Å². The van der Waals surface area contributed by atoms with Crippen molar-refractivity contribution in [2.45, 2.75) is 0 Å². The second-order valence-electron chi connectivity index (χ2n) is 3.71. The molecule has 0 atom stereocenters. The molecule has 0 spiro atoms. The van der Waals surface area contributed by atoms with Gasteiger partial charge in [-0.1, -0.05) is 0 Å². The number of fused-ring (bicyclic) bond motifs is 3. The molecule has 0 aliphatic heterocycles. The maximum absolute atomic E-state index is 11.5. The Labute approximate surface area is 94.0 Å². The second kappa shape index (κ2) is 3.18. The number of nitrogens with one attached hydrogen (secondary N) is 2. The molecule has 0 radical (unpaired) electrons. The average molecular weight is 229 g/mol. The predicted octanol–water partition coefficient (Wildman–Crippen LogP) is 1.92. The summed E-state index contributed by atoms with van der Waals surface area (Å²) >= 11 is 0. The zero-order valence-electron chi connectivity index (χ0n) is 8.56. The van der Waals surface area contributed by atoms with E-state index in [9.17, 15) is 14.9 Å². The van der Waals surface area contributed by atoms with Crippen molar-refractivity contribution in [3.05, 3.63) is 50.9 Å². The first kappa shape index (κ1) is 9.59. The van der Waals surface area contributed by atoms with Gasteiger partial charge >= 0.3 is 0 Å². The van der Waals surface area contributed by atoms with Crippen LogP contribution in [0.25, 0.3) is 21.8 Å². The normalized spacial score (nSPS) is 11.1. The lowest BCUT2D eigenvalue weighted by molar-refractivity contribution is -0.384. The second-order valence-corrected chi connectivity index (χ2v) is 3.71. The Bertz CT molecular complexity index is 800. The van der Waals surface area contributed by atoms with E-state index in [0.717, 1.165) is 0 Å². The molecule has 17 heavy (non-hydrogen) atoms. The van der Waals surface area contributed by atoms with Crippen LogP contribution in [0.3, 0.4) is 0 Å². The van der Waals surface area contributed by atoms with Gasteiger partial charge in [-0.2, -0.15) is 0 Å². The van der Waals surface area contributed by atoms with Gasteiger partial charge in [0.15, 0.2) is 0 Å². The number of nitrogens with zero attached hydrogens (tertiary/aromatic N) is 1. The van der Waals surface area contributed by atoms with E-state index in [1.54, 1.807) is 12.1 Å². The van der Waals surface area contributed by atoms with Gasteiger partial charge in [-0.05, 0) is 12.1 Å². The fraction of sp³-hybridized carbons (Fsp3) is 0. The minimum Gasteiger partial charge on any atom is -0.350 e. The number of benzene rings is 1. The molecule has 0 aliphatic carbocycles. The maximum atomic E-state index is 11.5. The van der Waals surface area contributed by atoms with Crippen molar-refractivity contribution in [3.8, 4) is 0 Å². The van der Waals surface area contributed by atoms with Crippen molar-refractivity contribution in [2.24, 2.45) is 0 Å². The molecule has 0 bridgehead atoms. The molecular formula is C11H7N3O3. The summed E-state index contributed by atoms with van der Waals surface area (Å²) < 4.78 is 0. The molecule has 0 saturated carbocycles. The highest BCUT2D eigenvalue weighted by atomic mass is 16.6. The Kier molecular flexibility index (Phi) is 1.79. The maximum Gasteiger partial charge on any atom is 0.272 e. The van der Waals surface area contributed by atoms with Gasteiger partial charge in [-0.3, -0.25) is 14.9 Å². The first-order chi connectivity index (χ1) is 8.16. The number of H-pyrrole nitrogens is 2. The van der Waals surface area contributed by atoms with Crippen LogP contribution in [0.1, 0.15) is 0 Å². The SMILES string of the molecule is O=c1[nH]ccc2c1[nH]c1ccc([N+](=O)[O-])cc12.